The fourth-order valence-electron chi connectivity index (χ4n) is 4.39. The van der Waals surface area contributed by atoms with Gasteiger partial charge in [0.1, 0.15) is 5.69 Å². The number of aromatic nitrogens is 4. The molecule has 0 saturated carbocycles. The molecule has 8 nitrogen and oxygen atoms in total. The average Bonchev–Trinajstić information content (AvgIpc) is 3.53. The molecule has 35 heavy (non-hydrogen) atoms. The Labute approximate surface area is 207 Å². The molecule has 0 aliphatic heterocycles. The number of esters is 1. The number of unbranched alkanes of at least 4 members (excludes halogenated alkanes) is 1. The lowest BCUT2D eigenvalue weighted by molar-refractivity contribution is -0.145. The first-order chi connectivity index (χ1) is 17.1. The van der Waals surface area contributed by atoms with Gasteiger partial charge in [0.05, 0.1) is 22.3 Å². The van der Waals surface area contributed by atoms with Crippen molar-refractivity contribution in [1.29, 1.82) is 0 Å². The van der Waals surface area contributed by atoms with Crippen molar-refractivity contribution in [1.82, 2.24) is 19.7 Å². The molecule has 0 radical (unpaired) electrons. The number of carbonyl (C=O) groups excluding carboxylic acids is 1. The fourth-order valence-corrected chi connectivity index (χ4v) is 5.56. The second-order valence-electron chi connectivity index (χ2n) is 8.79. The van der Waals surface area contributed by atoms with Crippen LogP contribution < -0.4 is 5.56 Å². The summed E-state index contributed by atoms with van der Waals surface area (Å²) in [6.07, 6.45) is 6.79. The predicted molar refractivity (Wildman–Crippen MR) is 133 cm³/mol. The van der Waals surface area contributed by atoms with Crippen molar-refractivity contribution in [3.05, 3.63) is 62.7 Å². The van der Waals surface area contributed by atoms with Gasteiger partial charge in [-0.15, -0.1) is 21.5 Å². The van der Waals surface area contributed by atoms with Crippen LogP contribution in [-0.2, 0) is 41.9 Å². The Morgan fingerprint density at radius 3 is 2.91 bits per heavy atom. The number of nitrogens with zero attached hydrogens (tertiary/aromatic N) is 4. The summed E-state index contributed by atoms with van der Waals surface area (Å²) in [5.41, 5.74) is 3.17. The molecule has 1 aromatic carbocycles. The van der Waals surface area contributed by atoms with E-state index in [1.807, 2.05) is 24.3 Å². The van der Waals surface area contributed by atoms with E-state index in [2.05, 4.69) is 28.2 Å². The van der Waals surface area contributed by atoms with Crippen LogP contribution in [0.25, 0.3) is 21.8 Å². The summed E-state index contributed by atoms with van der Waals surface area (Å²) in [7, 11) is 0. The molecule has 9 heteroatoms. The topological polar surface area (TPSA) is 100 Å². The first kappa shape index (κ1) is 23.4. The van der Waals surface area contributed by atoms with E-state index in [1.54, 1.807) is 15.9 Å². The van der Waals surface area contributed by atoms with E-state index < -0.39 is 5.97 Å². The maximum absolute atomic E-state index is 13.0. The number of rotatable bonds is 9. The molecule has 4 aromatic rings. The molecule has 0 unspecified atom stereocenters. The van der Waals surface area contributed by atoms with E-state index in [0.29, 0.717) is 18.1 Å². The molecule has 0 bridgehead atoms. The minimum absolute atomic E-state index is 0.0486. The van der Waals surface area contributed by atoms with Gasteiger partial charge in [-0.2, -0.15) is 0 Å². The summed E-state index contributed by atoms with van der Waals surface area (Å²) in [5.74, 6) is 0.278. The summed E-state index contributed by atoms with van der Waals surface area (Å²) in [6, 6.07) is 9.72. The Balaban J connectivity index is 1.21. The third-order valence-electron chi connectivity index (χ3n) is 6.25. The lowest BCUT2D eigenvalue weighted by Crippen LogP contribution is -2.26. The van der Waals surface area contributed by atoms with E-state index in [0.717, 1.165) is 41.6 Å². The maximum Gasteiger partial charge on any atom is 0.306 e. The zero-order chi connectivity index (χ0) is 24.2. The summed E-state index contributed by atoms with van der Waals surface area (Å²) in [4.78, 5) is 32.3. The molecular formula is C26H28N4O4S. The number of fused-ring (bicyclic) bond motifs is 2. The standard InChI is InChI=1S/C26H28N4O4S/c1-2-3-14-30-20-10-6-5-9-18(20)27-19(26(30)32)12-13-24(31)33-16-23-28-29-25(34-23)22-15-17-8-4-7-11-21(17)35-22/h5-6,9-10,15H,2-4,7-8,11-14,16H2,1H3. The van der Waals surface area contributed by atoms with Gasteiger partial charge in [0.2, 0.25) is 0 Å². The number of hydrogen-bond donors (Lipinski definition) is 0. The van der Waals surface area contributed by atoms with Crippen LogP contribution in [0.1, 0.15) is 61.1 Å². The zero-order valence-electron chi connectivity index (χ0n) is 19.8. The van der Waals surface area contributed by atoms with Gasteiger partial charge in [0.25, 0.3) is 17.3 Å². The SMILES string of the molecule is CCCCn1c(=O)c(CCC(=O)OCc2nnc(-c3cc4c(s3)CCCC4)o2)nc2ccccc21. The summed E-state index contributed by atoms with van der Waals surface area (Å²) in [6.45, 7) is 2.62. The number of aryl methyl sites for hydroxylation is 4. The van der Waals surface area contributed by atoms with Gasteiger partial charge >= 0.3 is 5.97 Å². The van der Waals surface area contributed by atoms with Crippen molar-refractivity contribution < 1.29 is 13.9 Å². The fraction of sp³-hybridized carbons (Fsp3) is 0.423. The number of hydrogen-bond acceptors (Lipinski definition) is 8. The molecule has 3 aromatic heterocycles. The summed E-state index contributed by atoms with van der Waals surface area (Å²) in [5, 5.41) is 8.15. The van der Waals surface area contributed by atoms with E-state index in [9.17, 15) is 9.59 Å². The van der Waals surface area contributed by atoms with Crippen molar-refractivity contribution in [3.8, 4) is 10.8 Å². The molecule has 0 amide bonds. The van der Waals surface area contributed by atoms with Gasteiger partial charge < -0.3 is 13.7 Å². The van der Waals surface area contributed by atoms with Crippen molar-refractivity contribution in [2.75, 3.05) is 0 Å². The first-order valence-electron chi connectivity index (χ1n) is 12.2. The number of para-hydroxylation sites is 2. The molecule has 0 fully saturated rings. The van der Waals surface area contributed by atoms with Crippen molar-refractivity contribution in [2.45, 2.75) is 71.4 Å². The number of benzene rings is 1. The van der Waals surface area contributed by atoms with E-state index in [-0.39, 0.29) is 30.9 Å². The quantitative estimate of drug-likeness (QED) is 0.308. The minimum atomic E-state index is -0.439. The molecule has 3 heterocycles. The molecule has 182 valence electrons. The molecule has 0 atom stereocenters. The predicted octanol–water partition coefficient (Wildman–Crippen LogP) is 4.86. The molecule has 5 rings (SSSR count). The van der Waals surface area contributed by atoms with Crippen LogP contribution in [0, 0.1) is 0 Å². The second kappa shape index (κ2) is 10.5. The van der Waals surface area contributed by atoms with E-state index in [1.165, 1.54) is 23.3 Å². The second-order valence-corrected chi connectivity index (χ2v) is 9.92. The number of ether oxygens (including phenoxy) is 1. The third kappa shape index (κ3) is 5.19. The zero-order valence-corrected chi connectivity index (χ0v) is 20.6. The van der Waals surface area contributed by atoms with Crippen molar-refractivity contribution in [3.63, 3.8) is 0 Å². The Morgan fingerprint density at radius 1 is 1.20 bits per heavy atom. The molecule has 0 saturated heterocycles. The van der Waals surface area contributed by atoms with Crippen LogP contribution in [0.15, 0.2) is 39.5 Å². The van der Waals surface area contributed by atoms with Crippen molar-refractivity contribution in [2.24, 2.45) is 0 Å². The third-order valence-corrected chi connectivity index (χ3v) is 7.48. The van der Waals surface area contributed by atoms with Gasteiger partial charge in [-0.05, 0) is 55.9 Å². The molecule has 0 spiro atoms. The average molecular weight is 493 g/mol. The largest absolute Gasteiger partial charge is 0.456 e. The van der Waals surface area contributed by atoms with Crippen LogP contribution in [0.3, 0.4) is 0 Å². The summed E-state index contributed by atoms with van der Waals surface area (Å²) >= 11 is 1.70. The Kier molecular flexibility index (Phi) is 7.03. The molecule has 1 aliphatic carbocycles. The number of thiophene rings is 1. The van der Waals surface area contributed by atoms with E-state index in [4.69, 9.17) is 9.15 Å². The first-order valence-corrected chi connectivity index (χ1v) is 13.0. The summed E-state index contributed by atoms with van der Waals surface area (Å²) < 4.78 is 12.8. The highest BCUT2D eigenvalue weighted by atomic mass is 32.1. The van der Waals surface area contributed by atoms with Crippen LogP contribution >= 0.6 is 11.3 Å². The Bertz CT molecular complexity index is 1380. The van der Waals surface area contributed by atoms with Crippen LogP contribution in [0.4, 0.5) is 0 Å². The normalized spacial score (nSPS) is 13.2. The van der Waals surface area contributed by atoms with Crippen LogP contribution in [-0.4, -0.2) is 25.7 Å². The Hall–Kier alpha value is -3.33. The van der Waals surface area contributed by atoms with Gasteiger partial charge in [0, 0.05) is 17.8 Å². The highest BCUT2D eigenvalue weighted by molar-refractivity contribution is 7.15. The highest BCUT2D eigenvalue weighted by Gasteiger charge is 2.19. The number of carbonyl (C=O) groups is 1. The lowest BCUT2D eigenvalue weighted by Gasteiger charge is -2.11. The monoisotopic (exact) mass is 492 g/mol. The van der Waals surface area contributed by atoms with E-state index >= 15 is 0 Å². The maximum atomic E-state index is 13.0. The van der Waals surface area contributed by atoms with Gasteiger partial charge in [0.15, 0.2) is 6.61 Å². The Morgan fingerprint density at radius 2 is 2.06 bits per heavy atom. The van der Waals surface area contributed by atoms with Gasteiger partial charge in [-0.3, -0.25) is 9.59 Å². The van der Waals surface area contributed by atoms with Gasteiger partial charge in [-0.1, -0.05) is 25.5 Å². The van der Waals surface area contributed by atoms with Crippen molar-refractivity contribution >= 4 is 28.3 Å². The molecule has 0 N–H and O–H groups in total. The van der Waals surface area contributed by atoms with Gasteiger partial charge in [-0.25, -0.2) is 4.98 Å². The van der Waals surface area contributed by atoms with Crippen LogP contribution in [0.2, 0.25) is 0 Å². The highest BCUT2D eigenvalue weighted by Crippen LogP contribution is 2.35. The smallest absolute Gasteiger partial charge is 0.306 e. The minimum Gasteiger partial charge on any atom is -0.456 e. The molecule has 1 aliphatic rings. The lowest BCUT2D eigenvalue weighted by atomic mass is 9.99. The molecular weight excluding hydrogens is 464 g/mol. The van der Waals surface area contributed by atoms with Crippen LogP contribution in [0.5, 0.6) is 0 Å².